The molecular formula is C33H41NO6S. The van der Waals surface area contributed by atoms with E-state index in [9.17, 15) is 18.0 Å². The Balaban J connectivity index is 2.26. The molecule has 3 aromatic carbocycles. The second-order valence-electron chi connectivity index (χ2n) is 11.8. The third-order valence-corrected chi connectivity index (χ3v) is 8.79. The molecule has 0 saturated heterocycles. The monoisotopic (exact) mass is 579 g/mol. The fraction of sp³-hybridized carbons (Fsp3) is 0.394. The Kier molecular flexibility index (Phi) is 10.0. The van der Waals surface area contributed by atoms with Crippen LogP contribution in [-0.4, -0.2) is 38.3 Å². The summed E-state index contributed by atoms with van der Waals surface area (Å²) in [6.07, 6.45) is -0.283. The van der Waals surface area contributed by atoms with Crippen molar-refractivity contribution in [2.75, 3.05) is 12.4 Å². The highest BCUT2D eigenvalue weighted by Crippen LogP contribution is 2.40. The van der Waals surface area contributed by atoms with E-state index in [-0.39, 0.29) is 16.4 Å². The highest BCUT2D eigenvalue weighted by Gasteiger charge is 2.43. The van der Waals surface area contributed by atoms with Crippen LogP contribution in [0.2, 0.25) is 0 Å². The number of methoxy groups -OCH3 is 1. The van der Waals surface area contributed by atoms with Gasteiger partial charge in [0.05, 0.1) is 12.0 Å². The van der Waals surface area contributed by atoms with Gasteiger partial charge in [-0.3, -0.25) is 10.1 Å². The third kappa shape index (κ3) is 8.19. The predicted molar refractivity (Wildman–Crippen MR) is 163 cm³/mol. The van der Waals surface area contributed by atoms with Gasteiger partial charge < -0.3 is 9.47 Å². The maximum Gasteiger partial charge on any atom is 0.412 e. The Morgan fingerprint density at radius 2 is 1.46 bits per heavy atom. The molecule has 0 bridgehead atoms. The maximum atomic E-state index is 14.4. The number of nitrogens with one attached hydrogen (secondary N) is 1. The number of amides is 1. The molecule has 220 valence electrons. The first-order chi connectivity index (χ1) is 19.1. The minimum absolute atomic E-state index is 0.0364. The highest BCUT2D eigenvalue weighted by molar-refractivity contribution is 7.93. The molecule has 0 aliphatic carbocycles. The molecule has 41 heavy (non-hydrogen) atoms. The lowest BCUT2D eigenvalue weighted by Gasteiger charge is -2.30. The van der Waals surface area contributed by atoms with Crippen LogP contribution in [0.3, 0.4) is 0 Å². The van der Waals surface area contributed by atoms with E-state index in [0.717, 1.165) is 11.1 Å². The van der Waals surface area contributed by atoms with E-state index >= 15 is 0 Å². The molecule has 0 fully saturated rings. The molecule has 3 aromatic rings. The number of hydrogen-bond acceptors (Lipinski definition) is 6. The summed E-state index contributed by atoms with van der Waals surface area (Å²) in [5.41, 5.74) is 2.27. The van der Waals surface area contributed by atoms with E-state index in [1.165, 1.54) is 7.11 Å². The Hall–Kier alpha value is -3.65. The molecule has 2 atom stereocenters. The average molecular weight is 580 g/mol. The van der Waals surface area contributed by atoms with Crippen molar-refractivity contribution in [1.82, 2.24) is 0 Å². The molecule has 8 heteroatoms. The van der Waals surface area contributed by atoms with Crippen molar-refractivity contribution in [2.45, 2.75) is 76.6 Å². The molecule has 1 N–H and O–H groups in total. The van der Waals surface area contributed by atoms with E-state index < -0.39 is 38.5 Å². The number of aryl methyl sites for hydroxylation is 2. The maximum absolute atomic E-state index is 14.4. The molecule has 7 nitrogen and oxygen atoms in total. The number of sulfone groups is 1. The van der Waals surface area contributed by atoms with Gasteiger partial charge in [-0.15, -0.1) is 0 Å². The van der Waals surface area contributed by atoms with E-state index in [4.69, 9.17) is 9.47 Å². The number of hydrogen-bond donors (Lipinski definition) is 1. The number of carbonyl (C=O) groups excluding carboxylic acids is 2. The van der Waals surface area contributed by atoms with Crippen molar-refractivity contribution in [3.8, 4) is 5.75 Å². The lowest BCUT2D eigenvalue weighted by atomic mass is 9.83. The highest BCUT2D eigenvalue weighted by atomic mass is 32.2. The molecule has 0 heterocycles. The van der Waals surface area contributed by atoms with Gasteiger partial charge in [0, 0.05) is 17.2 Å². The molecule has 2 unspecified atom stereocenters. The zero-order valence-corrected chi connectivity index (χ0v) is 26.0. The summed E-state index contributed by atoms with van der Waals surface area (Å²) in [6, 6.07) is 18.4. The van der Waals surface area contributed by atoms with Gasteiger partial charge in [0.25, 0.3) is 0 Å². The van der Waals surface area contributed by atoms with Gasteiger partial charge >= 0.3 is 6.09 Å². The van der Waals surface area contributed by atoms with Crippen LogP contribution >= 0.6 is 0 Å². The van der Waals surface area contributed by atoms with E-state index in [0.29, 0.717) is 23.4 Å². The third-order valence-electron chi connectivity index (χ3n) is 6.65. The number of anilines is 1. The van der Waals surface area contributed by atoms with Crippen LogP contribution in [0.1, 0.15) is 74.0 Å². The zero-order chi connectivity index (χ0) is 30.5. The Labute approximate surface area is 244 Å². The molecule has 0 aliphatic rings. The van der Waals surface area contributed by atoms with E-state index in [2.05, 4.69) is 5.32 Å². The van der Waals surface area contributed by atoms with Gasteiger partial charge in [-0.05, 0) is 95.0 Å². The van der Waals surface area contributed by atoms with Gasteiger partial charge in [-0.25, -0.2) is 13.2 Å². The van der Waals surface area contributed by atoms with Gasteiger partial charge in [-0.2, -0.15) is 0 Å². The van der Waals surface area contributed by atoms with Gasteiger partial charge in [0.15, 0.2) is 15.6 Å². The largest absolute Gasteiger partial charge is 0.497 e. The molecule has 0 spiro atoms. The molecule has 0 saturated carbocycles. The summed E-state index contributed by atoms with van der Waals surface area (Å²) in [5, 5.41) is 1.36. The average Bonchev–Trinajstić information content (AvgIpc) is 2.88. The summed E-state index contributed by atoms with van der Waals surface area (Å²) in [6.45, 7) is 13.0. The smallest absolute Gasteiger partial charge is 0.412 e. The number of Topliss-reactive ketones (excluding diaryl/α,β-unsaturated/α-hetero) is 1. The quantitative estimate of drug-likeness (QED) is 0.250. The van der Waals surface area contributed by atoms with Crippen LogP contribution in [0.5, 0.6) is 5.75 Å². The van der Waals surface area contributed by atoms with Crippen molar-refractivity contribution >= 4 is 27.4 Å². The first-order valence-corrected chi connectivity index (χ1v) is 15.3. The second kappa shape index (κ2) is 12.9. The van der Waals surface area contributed by atoms with Crippen LogP contribution in [-0.2, 0) is 14.6 Å². The lowest BCUT2D eigenvalue weighted by molar-refractivity contribution is 0.0635. The summed E-state index contributed by atoms with van der Waals surface area (Å²) in [4.78, 5) is 27.2. The number of ether oxygens (including phenoxy) is 2. The molecule has 3 rings (SSSR count). The number of benzene rings is 3. The Bertz CT molecular complexity index is 1470. The minimum atomic E-state index is -4.19. The Morgan fingerprint density at radius 1 is 0.878 bits per heavy atom. The fourth-order valence-electron chi connectivity index (χ4n) is 4.77. The minimum Gasteiger partial charge on any atom is -0.497 e. The predicted octanol–water partition coefficient (Wildman–Crippen LogP) is 7.51. The number of ketones is 1. The van der Waals surface area contributed by atoms with E-state index in [1.54, 1.807) is 75.4 Å². The standard InChI is InChI=1S/C33H41NO6S/c1-21(2)19-28(27-20-23(4)11-18-29(27)34-32(36)40-33(5,6)7)31(30(35)24-12-14-25(39-8)15-13-24)41(37,38)26-16-9-22(3)10-17-26/h9-18,20-21,28,31H,19H2,1-8H3,(H,34,36). The normalized spacial score (nSPS) is 13.4. The first kappa shape index (κ1) is 31.9. The zero-order valence-electron chi connectivity index (χ0n) is 25.1. The molecule has 0 aliphatic heterocycles. The van der Waals surface area contributed by atoms with Crippen molar-refractivity contribution < 1.29 is 27.5 Å². The van der Waals surface area contributed by atoms with Crippen molar-refractivity contribution in [3.05, 3.63) is 89.0 Å². The number of carbonyl (C=O) groups is 2. The van der Waals surface area contributed by atoms with Crippen LogP contribution in [0.15, 0.2) is 71.6 Å². The summed E-state index contributed by atoms with van der Waals surface area (Å²) >= 11 is 0. The van der Waals surface area contributed by atoms with Crippen LogP contribution in [0.4, 0.5) is 10.5 Å². The van der Waals surface area contributed by atoms with Crippen LogP contribution < -0.4 is 10.1 Å². The lowest BCUT2D eigenvalue weighted by Crippen LogP contribution is -2.38. The Morgan fingerprint density at radius 3 is 2.00 bits per heavy atom. The molecular weight excluding hydrogens is 538 g/mol. The van der Waals surface area contributed by atoms with Crippen molar-refractivity contribution in [1.29, 1.82) is 0 Å². The molecule has 0 radical (unpaired) electrons. The summed E-state index contributed by atoms with van der Waals surface area (Å²) in [7, 11) is -2.66. The number of rotatable bonds is 10. The molecule has 1 amide bonds. The van der Waals surface area contributed by atoms with E-state index in [1.807, 2.05) is 39.8 Å². The molecule has 0 aromatic heterocycles. The second-order valence-corrected chi connectivity index (χ2v) is 13.9. The van der Waals surface area contributed by atoms with Crippen molar-refractivity contribution in [2.24, 2.45) is 5.92 Å². The van der Waals surface area contributed by atoms with Crippen LogP contribution in [0, 0.1) is 19.8 Å². The topological polar surface area (TPSA) is 98.8 Å². The SMILES string of the molecule is COc1ccc(C(=O)C(C(CC(C)C)c2cc(C)ccc2NC(=O)OC(C)(C)C)S(=O)(=O)c2ccc(C)cc2)cc1. The van der Waals surface area contributed by atoms with Gasteiger partial charge in [0.1, 0.15) is 16.6 Å². The van der Waals surface area contributed by atoms with Crippen molar-refractivity contribution in [3.63, 3.8) is 0 Å². The fourth-order valence-corrected chi connectivity index (χ4v) is 6.69. The van der Waals surface area contributed by atoms with Gasteiger partial charge in [0.2, 0.25) is 0 Å². The summed E-state index contributed by atoms with van der Waals surface area (Å²) < 4.78 is 39.6. The first-order valence-electron chi connectivity index (χ1n) is 13.7. The van der Waals surface area contributed by atoms with Gasteiger partial charge in [-0.1, -0.05) is 49.2 Å². The van der Waals surface area contributed by atoms with Crippen LogP contribution in [0.25, 0.3) is 0 Å². The summed E-state index contributed by atoms with van der Waals surface area (Å²) in [5.74, 6) is -0.709.